The highest BCUT2D eigenvalue weighted by molar-refractivity contribution is 7.97. The van der Waals surface area contributed by atoms with Crippen molar-refractivity contribution in [3.63, 3.8) is 0 Å². The summed E-state index contributed by atoms with van der Waals surface area (Å²) in [4.78, 5) is 3.44. The quantitative estimate of drug-likeness (QED) is 0.186. The van der Waals surface area contributed by atoms with E-state index in [0.29, 0.717) is 58.6 Å². The molecule has 0 saturated heterocycles. The Morgan fingerprint density at radius 3 is 1.34 bits per heavy atom. The van der Waals surface area contributed by atoms with Crippen molar-refractivity contribution in [2.45, 2.75) is 28.5 Å². The lowest BCUT2D eigenvalue weighted by atomic mass is 10.1. The number of rotatable bonds is 17. The topological polar surface area (TPSA) is 75.6 Å². The largest absolute Gasteiger partial charge is 0.507 e. The van der Waals surface area contributed by atoms with Gasteiger partial charge in [-0.2, -0.15) is 0 Å². The first-order valence-electron chi connectivity index (χ1n) is 12.7. The molecule has 0 aromatic heterocycles. The predicted octanol–water partition coefficient (Wildman–Crippen LogP) is 5.19. The lowest BCUT2D eigenvalue weighted by Gasteiger charge is -2.13. The summed E-state index contributed by atoms with van der Waals surface area (Å²) in [6.07, 6.45) is 0. The highest BCUT2D eigenvalue weighted by Crippen LogP contribution is 2.36. The van der Waals surface area contributed by atoms with Crippen LogP contribution in [0.2, 0.25) is 0 Å². The number of benzene rings is 3. The van der Waals surface area contributed by atoms with E-state index in [1.54, 1.807) is 14.2 Å². The molecule has 38 heavy (non-hydrogen) atoms. The average Bonchev–Trinajstić information content (AvgIpc) is 2.93. The van der Waals surface area contributed by atoms with Crippen molar-refractivity contribution >= 4 is 10.9 Å². The first-order chi connectivity index (χ1) is 18.5. The normalized spacial score (nSPS) is 11.2. The van der Waals surface area contributed by atoms with Gasteiger partial charge in [-0.1, -0.05) is 0 Å². The van der Waals surface area contributed by atoms with E-state index in [0.717, 1.165) is 37.3 Å². The average molecular weight is 544 g/mol. The van der Waals surface area contributed by atoms with Crippen LogP contribution in [0.4, 0.5) is 0 Å². The van der Waals surface area contributed by atoms with Gasteiger partial charge in [0.15, 0.2) is 14.7 Å². The molecule has 3 aromatic rings. The minimum absolute atomic E-state index is 0.338. The Labute approximate surface area is 228 Å². The highest BCUT2D eigenvalue weighted by atomic mass is 32.2. The van der Waals surface area contributed by atoms with Crippen LogP contribution in [0.3, 0.4) is 0 Å². The maximum Gasteiger partial charge on any atom is 0.167 e. The lowest BCUT2D eigenvalue weighted by Crippen LogP contribution is -2.10. The van der Waals surface area contributed by atoms with Gasteiger partial charge in [-0.25, -0.2) is 0 Å². The summed E-state index contributed by atoms with van der Waals surface area (Å²) >= 11 is 0. The summed E-state index contributed by atoms with van der Waals surface area (Å²) < 4.78 is 32.6. The molecule has 0 heterocycles. The number of methoxy groups -OCH3 is 2. The monoisotopic (exact) mass is 543 g/mol. The first-order valence-corrected chi connectivity index (χ1v) is 13.9. The molecule has 0 aliphatic rings. The van der Waals surface area contributed by atoms with Crippen LogP contribution in [0.5, 0.6) is 17.2 Å². The van der Waals surface area contributed by atoms with Gasteiger partial charge in [0.25, 0.3) is 0 Å². The first kappa shape index (κ1) is 29.8. The van der Waals surface area contributed by atoms with Gasteiger partial charge in [-0.3, -0.25) is 0 Å². The molecule has 0 saturated carbocycles. The highest BCUT2D eigenvalue weighted by Gasteiger charge is 2.30. The van der Waals surface area contributed by atoms with E-state index in [4.69, 9.17) is 28.4 Å². The van der Waals surface area contributed by atoms with Gasteiger partial charge < -0.3 is 33.5 Å². The number of aryl methyl sites for hydroxylation is 2. The standard InChI is InChI=1S/C30H38O7S/c1-23-21-29(22-24(2)30(23)31)38(27-9-5-25(6-10-27)36-19-17-34-15-13-32-3)28-11-7-26(8-12-28)37-20-18-35-16-14-33-4/h5-12,21-22H,13-20H2,1-4H3/p+1. The second kappa shape index (κ2) is 16.3. The number of hydrogen-bond acceptors (Lipinski definition) is 7. The minimum atomic E-state index is -0.382. The molecule has 8 heteroatoms. The molecule has 0 unspecified atom stereocenters. The van der Waals surface area contributed by atoms with Crippen LogP contribution in [0, 0.1) is 13.8 Å². The van der Waals surface area contributed by atoms with E-state index >= 15 is 0 Å². The summed E-state index contributed by atoms with van der Waals surface area (Å²) in [6, 6.07) is 20.5. The molecule has 0 aliphatic heterocycles. The summed E-state index contributed by atoms with van der Waals surface area (Å²) in [7, 11) is 2.93. The molecule has 7 nitrogen and oxygen atoms in total. The van der Waals surface area contributed by atoms with Crippen molar-refractivity contribution in [1.82, 2.24) is 0 Å². The van der Waals surface area contributed by atoms with Gasteiger partial charge in [-0.05, 0) is 73.5 Å². The van der Waals surface area contributed by atoms with E-state index in [9.17, 15) is 5.11 Å². The molecule has 0 spiro atoms. The van der Waals surface area contributed by atoms with Crippen molar-refractivity contribution < 1.29 is 33.5 Å². The van der Waals surface area contributed by atoms with E-state index < -0.39 is 0 Å². The molecule has 3 aromatic carbocycles. The maximum atomic E-state index is 10.4. The van der Waals surface area contributed by atoms with Gasteiger partial charge in [0.2, 0.25) is 0 Å². The van der Waals surface area contributed by atoms with Crippen LogP contribution < -0.4 is 9.47 Å². The zero-order chi connectivity index (χ0) is 27.2. The Bertz CT molecular complexity index is 1000. The van der Waals surface area contributed by atoms with Gasteiger partial charge in [-0.15, -0.1) is 0 Å². The van der Waals surface area contributed by atoms with Crippen molar-refractivity contribution in [1.29, 1.82) is 0 Å². The predicted molar refractivity (Wildman–Crippen MR) is 149 cm³/mol. The maximum absolute atomic E-state index is 10.4. The number of hydrogen-bond donors (Lipinski definition) is 1. The van der Waals surface area contributed by atoms with E-state index in [1.807, 2.05) is 38.1 Å². The summed E-state index contributed by atoms with van der Waals surface area (Å²) in [5, 5.41) is 10.4. The second-order valence-corrected chi connectivity index (χ2v) is 10.6. The van der Waals surface area contributed by atoms with Gasteiger partial charge in [0.05, 0.1) is 50.5 Å². The molecule has 0 atom stereocenters. The van der Waals surface area contributed by atoms with Gasteiger partial charge >= 0.3 is 0 Å². The van der Waals surface area contributed by atoms with Crippen molar-refractivity contribution in [3.8, 4) is 17.2 Å². The Balaban J connectivity index is 1.74. The Hall–Kier alpha value is -2.75. The fraction of sp³-hybridized carbons (Fsp3) is 0.400. The minimum Gasteiger partial charge on any atom is -0.507 e. The van der Waals surface area contributed by atoms with E-state index in [1.165, 1.54) is 0 Å². The Morgan fingerprint density at radius 1 is 0.553 bits per heavy atom. The van der Waals surface area contributed by atoms with Crippen molar-refractivity contribution in [3.05, 3.63) is 71.8 Å². The molecular weight excluding hydrogens is 504 g/mol. The number of phenols is 1. The third-order valence-corrected chi connectivity index (χ3v) is 7.87. The van der Waals surface area contributed by atoms with Crippen molar-refractivity contribution in [2.24, 2.45) is 0 Å². The zero-order valence-electron chi connectivity index (χ0n) is 22.7. The molecule has 0 bridgehead atoms. The smallest absolute Gasteiger partial charge is 0.167 e. The number of aromatic hydroxyl groups is 1. The van der Waals surface area contributed by atoms with Crippen molar-refractivity contribution in [2.75, 3.05) is 67.1 Å². The Kier molecular flexibility index (Phi) is 12.8. The van der Waals surface area contributed by atoms with Gasteiger partial charge in [0.1, 0.15) is 30.5 Å². The van der Waals surface area contributed by atoms with Crippen LogP contribution in [-0.4, -0.2) is 72.2 Å². The van der Waals surface area contributed by atoms with Crippen LogP contribution >= 0.6 is 0 Å². The number of phenolic OH excluding ortho intramolecular Hbond substituents is 1. The lowest BCUT2D eigenvalue weighted by molar-refractivity contribution is 0.0544. The molecule has 206 valence electrons. The Morgan fingerprint density at radius 2 is 0.947 bits per heavy atom. The molecule has 0 fully saturated rings. The van der Waals surface area contributed by atoms with Crippen LogP contribution in [-0.2, 0) is 29.8 Å². The van der Waals surface area contributed by atoms with Gasteiger partial charge in [0, 0.05) is 26.4 Å². The second-order valence-electron chi connectivity index (χ2n) is 8.56. The third kappa shape index (κ3) is 9.22. The third-order valence-electron chi connectivity index (χ3n) is 5.68. The SMILES string of the molecule is COCCOCCOc1ccc([S+](c2ccc(OCCOCCOC)cc2)c2cc(C)c(O)c(C)c2)cc1. The van der Waals surface area contributed by atoms with E-state index in [-0.39, 0.29) is 10.9 Å². The van der Waals surface area contributed by atoms with Crippen LogP contribution in [0.25, 0.3) is 0 Å². The molecule has 3 rings (SSSR count). The summed E-state index contributed by atoms with van der Waals surface area (Å²) in [6.45, 7) is 8.10. The fourth-order valence-electron chi connectivity index (χ4n) is 3.71. The zero-order valence-corrected chi connectivity index (χ0v) is 23.6. The molecule has 0 radical (unpaired) electrons. The summed E-state index contributed by atoms with van der Waals surface area (Å²) in [5.41, 5.74) is 1.72. The van der Waals surface area contributed by atoms with E-state index in [2.05, 4.69) is 36.4 Å². The van der Waals surface area contributed by atoms with Crippen LogP contribution in [0.15, 0.2) is 75.4 Å². The molecule has 0 aliphatic carbocycles. The molecule has 0 amide bonds. The van der Waals surface area contributed by atoms with Crippen LogP contribution in [0.1, 0.15) is 11.1 Å². The molecular formula is C30H39O7S+. The fourth-order valence-corrected chi connectivity index (χ4v) is 5.93. The molecule has 1 N–H and O–H groups in total. The summed E-state index contributed by atoms with van der Waals surface area (Å²) in [5.74, 6) is 1.93. The number of ether oxygens (including phenoxy) is 6.